The molecule has 2 aliphatic heterocycles. The van der Waals surface area contributed by atoms with Crippen molar-refractivity contribution < 1.29 is 9.50 Å². The summed E-state index contributed by atoms with van der Waals surface area (Å²) in [6.45, 7) is 6.53. The predicted molar refractivity (Wildman–Crippen MR) is 144 cm³/mol. The van der Waals surface area contributed by atoms with Gasteiger partial charge in [0.05, 0.1) is 5.60 Å². The largest absolute Gasteiger partial charge is 0.390 e. The van der Waals surface area contributed by atoms with Crippen molar-refractivity contribution in [3.8, 4) is 0 Å². The van der Waals surface area contributed by atoms with Crippen molar-refractivity contribution in [2.45, 2.75) is 50.7 Å². The highest BCUT2D eigenvalue weighted by Gasteiger charge is 2.33. The van der Waals surface area contributed by atoms with Crippen LogP contribution in [0, 0.1) is 11.7 Å². The lowest BCUT2D eigenvalue weighted by atomic mass is 9.85. The molecule has 2 fully saturated rings. The van der Waals surface area contributed by atoms with Crippen molar-refractivity contribution in [3.63, 3.8) is 0 Å². The van der Waals surface area contributed by atoms with Gasteiger partial charge in [0.2, 0.25) is 0 Å². The monoisotopic (exact) mass is 494 g/mol. The van der Waals surface area contributed by atoms with E-state index in [2.05, 4.69) is 40.1 Å². The third-order valence-corrected chi connectivity index (χ3v) is 8.02. The van der Waals surface area contributed by atoms with Crippen molar-refractivity contribution in [2.24, 2.45) is 5.92 Å². The summed E-state index contributed by atoms with van der Waals surface area (Å²) in [5, 5.41) is 15.1. The van der Waals surface area contributed by atoms with Gasteiger partial charge in [0.25, 0.3) is 0 Å². The highest BCUT2D eigenvalue weighted by molar-refractivity contribution is 7.07. The average molecular weight is 495 g/mol. The molecule has 0 spiro atoms. The van der Waals surface area contributed by atoms with E-state index in [0.29, 0.717) is 6.42 Å². The molecule has 2 saturated heterocycles. The summed E-state index contributed by atoms with van der Waals surface area (Å²) < 4.78 is 13.8. The van der Waals surface area contributed by atoms with Crippen LogP contribution in [-0.2, 0) is 13.0 Å². The number of thiophene rings is 1. The van der Waals surface area contributed by atoms with Crippen molar-refractivity contribution in [2.75, 3.05) is 32.7 Å². The molecule has 2 aromatic carbocycles. The fourth-order valence-electron chi connectivity index (χ4n) is 5.35. The standard InChI is InChI=1S/C26H35FN2O.C4H4S/c27-25-11-5-4-9-24(25)10-6-13-26(30)14-17-28(18-15-26)20-23-12-16-29(21-23)19-22-7-2-1-3-8-22;1-2-4-5-3-1/h1-5,7-9,11,23,30H,6,10,12-21H2;1-4H. The zero-order chi connectivity index (χ0) is 24.3. The fourth-order valence-corrected chi connectivity index (χ4v) is 5.80. The van der Waals surface area contributed by atoms with Crippen LogP contribution in [0.5, 0.6) is 0 Å². The number of rotatable bonds is 8. The van der Waals surface area contributed by atoms with Gasteiger partial charge in [0.15, 0.2) is 0 Å². The van der Waals surface area contributed by atoms with Crippen LogP contribution < -0.4 is 0 Å². The molecular weight excluding hydrogens is 455 g/mol. The first kappa shape index (κ1) is 26.0. The van der Waals surface area contributed by atoms with Gasteiger partial charge in [-0.2, -0.15) is 11.3 Å². The Morgan fingerprint density at radius 1 is 0.886 bits per heavy atom. The second-order valence-electron chi connectivity index (χ2n) is 10.1. The molecule has 0 aliphatic carbocycles. The van der Waals surface area contributed by atoms with Gasteiger partial charge in [-0.05, 0) is 78.9 Å². The van der Waals surface area contributed by atoms with Crippen LogP contribution >= 0.6 is 11.3 Å². The number of piperidine rings is 1. The topological polar surface area (TPSA) is 26.7 Å². The van der Waals surface area contributed by atoms with Crippen LogP contribution in [0.4, 0.5) is 4.39 Å². The van der Waals surface area contributed by atoms with E-state index in [1.807, 2.05) is 35.0 Å². The minimum atomic E-state index is -0.573. The highest BCUT2D eigenvalue weighted by Crippen LogP contribution is 2.29. The molecule has 3 aromatic rings. The molecule has 2 aliphatic rings. The van der Waals surface area contributed by atoms with Crippen molar-refractivity contribution in [1.82, 2.24) is 9.80 Å². The Morgan fingerprint density at radius 2 is 1.60 bits per heavy atom. The van der Waals surface area contributed by atoms with E-state index < -0.39 is 5.60 Å². The van der Waals surface area contributed by atoms with Crippen molar-refractivity contribution >= 4 is 11.3 Å². The SMILES string of the molecule is OC1(CCCc2ccccc2F)CCN(CC2CCN(Cc3ccccc3)C2)CC1.c1ccsc1. The lowest BCUT2D eigenvalue weighted by Crippen LogP contribution is -2.46. The quantitative estimate of drug-likeness (QED) is 0.401. The van der Waals surface area contributed by atoms with Gasteiger partial charge in [0, 0.05) is 32.7 Å². The van der Waals surface area contributed by atoms with Crippen LogP contribution in [-0.4, -0.2) is 53.2 Å². The first-order valence-corrected chi connectivity index (χ1v) is 14.0. The Balaban J connectivity index is 0.000000514. The summed E-state index contributed by atoms with van der Waals surface area (Å²) in [7, 11) is 0. The summed E-state index contributed by atoms with van der Waals surface area (Å²) in [6, 6.07) is 21.8. The molecule has 0 radical (unpaired) electrons. The minimum Gasteiger partial charge on any atom is -0.390 e. The van der Waals surface area contributed by atoms with E-state index in [0.717, 1.165) is 63.3 Å². The number of hydrogen-bond acceptors (Lipinski definition) is 4. The number of hydrogen-bond donors (Lipinski definition) is 1. The molecule has 5 rings (SSSR count). The van der Waals surface area contributed by atoms with E-state index in [9.17, 15) is 9.50 Å². The fraction of sp³-hybridized carbons (Fsp3) is 0.467. The maximum absolute atomic E-state index is 13.8. The van der Waals surface area contributed by atoms with Gasteiger partial charge < -0.3 is 10.0 Å². The van der Waals surface area contributed by atoms with E-state index in [1.54, 1.807) is 17.4 Å². The number of halogens is 1. The third kappa shape index (κ3) is 8.53. The summed E-state index contributed by atoms with van der Waals surface area (Å²) in [5.41, 5.74) is 1.59. The normalized spacial score (nSPS) is 20.3. The Kier molecular flexibility index (Phi) is 9.90. The molecule has 0 saturated carbocycles. The van der Waals surface area contributed by atoms with Crippen LogP contribution in [0.2, 0.25) is 0 Å². The van der Waals surface area contributed by atoms with E-state index >= 15 is 0 Å². The van der Waals surface area contributed by atoms with E-state index in [1.165, 1.54) is 31.1 Å². The van der Waals surface area contributed by atoms with Gasteiger partial charge in [0.1, 0.15) is 5.82 Å². The molecule has 5 heteroatoms. The van der Waals surface area contributed by atoms with Crippen LogP contribution in [0.25, 0.3) is 0 Å². The van der Waals surface area contributed by atoms with Crippen molar-refractivity contribution in [3.05, 3.63) is 94.4 Å². The maximum Gasteiger partial charge on any atom is 0.126 e. The van der Waals surface area contributed by atoms with Crippen molar-refractivity contribution in [1.29, 1.82) is 0 Å². The highest BCUT2D eigenvalue weighted by atomic mass is 32.1. The van der Waals surface area contributed by atoms with Crippen LogP contribution in [0.15, 0.2) is 77.5 Å². The number of aryl methyl sites for hydroxylation is 1. The number of benzene rings is 2. The van der Waals surface area contributed by atoms with E-state index in [-0.39, 0.29) is 5.82 Å². The van der Waals surface area contributed by atoms with Gasteiger partial charge in [-0.15, -0.1) is 0 Å². The van der Waals surface area contributed by atoms with E-state index in [4.69, 9.17) is 0 Å². The summed E-state index contributed by atoms with van der Waals surface area (Å²) >= 11 is 1.71. The van der Waals surface area contributed by atoms with Crippen LogP contribution in [0.3, 0.4) is 0 Å². The Hall–Kier alpha value is -2.05. The predicted octanol–water partition coefficient (Wildman–Crippen LogP) is 6.25. The lowest BCUT2D eigenvalue weighted by Gasteiger charge is -2.39. The summed E-state index contributed by atoms with van der Waals surface area (Å²) in [6.07, 6.45) is 5.27. The molecule has 3 heterocycles. The zero-order valence-electron chi connectivity index (χ0n) is 20.7. The number of nitrogens with zero attached hydrogens (tertiary/aromatic N) is 2. The average Bonchev–Trinajstić information content (AvgIpc) is 3.59. The molecule has 1 unspecified atom stereocenters. The second kappa shape index (κ2) is 13.3. The molecule has 0 bridgehead atoms. The summed E-state index contributed by atoms with van der Waals surface area (Å²) in [5.74, 6) is 0.609. The van der Waals surface area contributed by atoms with Gasteiger partial charge >= 0.3 is 0 Å². The molecule has 1 N–H and O–H groups in total. The first-order chi connectivity index (χ1) is 17.1. The molecule has 0 amide bonds. The second-order valence-corrected chi connectivity index (χ2v) is 11.0. The number of likely N-dealkylation sites (tertiary alicyclic amines) is 2. The summed E-state index contributed by atoms with van der Waals surface area (Å²) in [4.78, 5) is 5.12. The Bertz CT molecular complexity index is 956. The van der Waals surface area contributed by atoms with Crippen LogP contribution in [0.1, 0.15) is 43.2 Å². The minimum absolute atomic E-state index is 0.128. The van der Waals surface area contributed by atoms with Gasteiger partial charge in [-0.1, -0.05) is 60.7 Å². The third-order valence-electron chi connectivity index (χ3n) is 7.39. The molecular formula is C30H39FN2OS. The maximum atomic E-state index is 13.8. The first-order valence-electron chi connectivity index (χ1n) is 13.0. The Labute approximate surface area is 214 Å². The molecule has 35 heavy (non-hydrogen) atoms. The molecule has 3 nitrogen and oxygen atoms in total. The lowest BCUT2D eigenvalue weighted by molar-refractivity contribution is -0.0313. The molecule has 188 valence electrons. The van der Waals surface area contributed by atoms with Gasteiger partial charge in [-0.3, -0.25) is 4.90 Å². The smallest absolute Gasteiger partial charge is 0.126 e. The van der Waals surface area contributed by atoms with Gasteiger partial charge in [-0.25, -0.2) is 4.39 Å². The molecule has 1 atom stereocenters. The number of aliphatic hydroxyl groups is 1. The zero-order valence-corrected chi connectivity index (χ0v) is 21.5. The Morgan fingerprint density at radius 3 is 2.29 bits per heavy atom. The molecule has 1 aromatic heterocycles.